The van der Waals surface area contributed by atoms with Crippen LogP contribution in [-0.2, 0) is 7.05 Å². The molecule has 0 radical (unpaired) electrons. The number of nitrogens with one attached hydrogen (secondary N) is 2. The summed E-state index contributed by atoms with van der Waals surface area (Å²) in [5, 5.41) is 9.04. The summed E-state index contributed by atoms with van der Waals surface area (Å²) in [6.45, 7) is 0. The van der Waals surface area contributed by atoms with Crippen molar-refractivity contribution in [3.63, 3.8) is 0 Å². The van der Waals surface area contributed by atoms with Crippen molar-refractivity contribution in [2.24, 2.45) is 12.8 Å². The molecule has 0 unspecified atom stereocenters. The van der Waals surface area contributed by atoms with Gasteiger partial charge in [0.15, 0.2) is 16.9 Å². The van der Waals surface area contributed by atoms with E-state index in [0.717, 1.165) is 36.6 Å². The molecule has 9 nitrogen and oxygen atoms in total. The van der Waals surface area contributed by atoms with Gasteiger partial charge in [-0.3, -0.25) is 4.68 Å². The molecule has 0 bridgehead atoms. The maximum absolute atomic E-state index is 12.4. The van der Waals surface area contributed by atoms with Gasteiger partial charge in [-0.05, 0) is 43.9 Å². The van der Waals surface area contributed by atoms with Crippen LogP contribution in [0.2, 0.25) is 5.02 Å². The van der Waals surface area contributed by atoms with Crippen LogP contribution in [0.25, 0.3) is 33.5 Å². The molecule has 1 aliphatic carbocycles. The molecule has 10 heteroatoms. The molecule has 3 aromatic heterocycles. The van der Waals surface area contributed by atoms with E-state index in [2.05, 4.69) is 25.4 Å². The highest BCUT2D eigenvalue weighted by Gasteiger charge is 2.22. The van der Waals surface area contributed by atoms with Crippen LogP contribution in [0.3, 0.4) is 0 Å². The number of hydrogen-bond acceptors (Lipinski definition) is 6. The Morgan fingerprint density at radius 2 is 2.13 bits per heavy atom. The van der Waals surface area contributed by atoms with E-state index in [1.165, 1.54) is 0 Å². The fraction of sp³-hybridized carbons (Fsp3) is 0.333. The van der Waals surface area contributed by atoms with E-state index >= 15 is 0 Å². The zero-order valence-electron chi connectivity index (χ0n) is 16.9. The lowest BCUT2D eigenvalue weighted by Crippen LogP contribution is -2.41. The number of benzene rings is 1. The van der Waals surface area contributed by atoms with Crippen LogP contribution in [-0.4, -0.2) is 42.9 Å². The van der Waals surface area contributed by atoms with Crippen molar-refractivity contribution >= 4 is 39.8 Å². The van der Waals surface area contributed by atoms with Crippen molar-refractivity contribution in [2.45, 2.75) is 37.8 Å². The lowest BCUT2D eigenvalue weighted by molar-refractivity contribution is 0.191. The minimum atomic E-state index is -0.508. The summed E-state index contributed by atoms with van der Waals surface area (Å²) in [5.41, 5.74) is 9.06. The first-order valence-electron chi connectivity index (χ1n) is 10.2. The number of aromatic nitrogens is 5. The van der Waals surface area contributed by atoms with Crippen LogP contribution in [0.15, 0.2) is 30.6 Å². The van der Waals surface area contributed by atoms with Gasteiger partial charge in [0.2, 0.25) is 0 Å². The Bertz CT molecular complexity index is 1270. The lowest BCUT2D eigenvalue weighted by Gasteiger charge is -2.26. The highest BCUT2D eigenvalue weighted by atomic mass is 35.5. The minimum Gasteiger partial charge on any atom is -0.406 e. The molecule has 0 atom stereocenters. The van der Waals surface area contributed by atoms with Crippen molar-refractivity contribution in [1.29, 1.82) is 0 Å². The fourth-order valence-electron chi connectivity index (χ4n) is 4.04. The first-order chi connectivity index (χ1) is 15.0. The Labute approximate surface area is 182 Å². The maximum Gasteiger partial charge on any atom is 0.412 e. The average Bonchev–Trinajstić information content (AvgIpc) is 3.30. The molecule has 0 saturated heterocycles. The number of rotatable bonds is 3. The number of H-pyrrole nitrogens is 1. The smallest absolute Gasteiger partial charge is 0.406 e. The van der Waals surface area contributed by atoms with E-state index < -0.39 is 6.09 Å². The quantitative estimate of drug-likeness (QED) is 0.448. The molecule has 4 aromatic rings. The number of nitrogens with two attached hydrogens (primary N) is 1. The number of carbonyl (C=O) groups excluding carboxylic acids is 1. The Hall–Kier alpha value is -3.17. The number of ether oxygens (including phenoxy) is 1. The molecule has 0 aliphatic heterocycles. The highest BCUT2D eigenvalue weighted by Crippen LogP contribution is 2.30. The Morgan fingerprint density at radius 1 is 1.32 bits per heavy atom. The van der Waals surface area contributed by atoms with Gasteiger partial charge in [-0.25, -0.2) is 14.8 Å². The number of fused-ring (bicyclic) bond motifs is 2. The molecule has 4 N–H and O–H groups in total. The average molecular weight is 440 g/mol. The number of aromatic amines is 1. The summed E-state index contributed by atoms with van der Waals surface area (Å²) in [6, 6.07) is 5.87. The molecule has 1 aliphatic rings. The molecule has 0 spiro atoms. The molecule has 160 valence electrons. The molecular formula is C21H22ClN7O2. The molecule has 3 heterocycles. The van der Waals surface area contributed by atoms with Crippen LogP contribution in [0, 0.1) is 0 Å². The van der Waals surface area contributed by atoms with Crippen LogP contribution in [0.5, 0.6) is 5.75 Å². The summed E-state index contributed by atoms with van der Waals surface area (Å²) in [4.78, 5) is 24.5. The van der Waals surface area contributed by atoms with Gasteiger partial charge >= 0.3 is 6.09 Å². The summed E-state index contributed by atoms with van der Waals surface area (Å²) < 4.78 is 7.29. The van der Waals surface area contributed by atoms with Crippen molar-refractivity contribution in [1.82, 2.24) is 30.0 Å². The van der Waals surface area contributed by atoms with Crippen LogP contribution < -0.4 is 15.8 Å². The standard InChI is InChI=1S/C21H22ClN7O2/c1-29-16-8-11(22)2-7-14(16)18(28-29)15-9-24-20-19(27-15)17(10-25-20)31-21(30)26-13-5-3-12(23)4-6-13/h2,7-10,12-13H,3-6,23H2,1H3,(H,24,25)(H,26,30)/t12-,13+. The predicted octanol–water partition coefficient (Wildman–Crippen LogP) is 3.52. The normalized spacial score (nSPS) is 19.1. The van der Waals surface area contributed by atoms with Crippen molar-refractivity contribution in [2.75, 3.05) is 0 Å². The SMILES string of the molecule is Cn1nc(-c2cnc3[nH]cc(OC(=O)N[C@H]4CC[C@@H](N)CC4)c3n2)c2ccc(Cl)cc21. The first-order valence-corrected chi connectivity index (χ1v) is 10.6. The van der Waals surface area contributed by atoms with Crippen molar-refractivity contribution in [3.8, 4) is 17.1 Å². The molecular weight excluding hydrogens is 418 g/mol. The van der Waals surface area contributed by atoms with E-state index in [9.17, 15) is 4.79 Å². The molecule has 1 amide bonds. The van der Waals surface area contributed by atoms with Crippen molar-refractivity contribution < 1.29 is 9.53 Å². The number of amides is 1. The molecule has 1 fully saturated rings. The van der Waals surface area contributed by atoms with Crippen molar-refractivity contribution in [3.05, 3.63) is 35.6 Å². The van der Waals surface area contributed by atoms with Gasteiger partial charge in [0.05, 0.1) is 11.7 Å². The minimum absolute atomic E-state index is 0.0749. The van der Waals surface area contributed by atoms with Gasteiger partial charge in [-0.1, -0.05) is 11.6 Å². The van der Waals surface area contributed by atoms with E-state index in [1.54, 1.807) is 17.1 Å². The number of halogens is 1. The fourth-order valence-corrected chi connectivity index (χ4v) is 4.21. The lowest BCUT2D eigenvalue weighted by atomic mass is 9.92. The second-order valence-electron chi connectivity index (χ2n) is 7.88. The third-order valence-corrected chi connectivity index (χ3v) is 5.93. The zero-order valence-corrected chi connectivity index (χ0v) is 17.7. The van der Waals surface area contributed by atoms with Gasteiger partial charge in [-0.15, -0.1) is 0 Å². The number of aryl methyl sites for hydroxylation is 1. The van der Waals surface area contributed by atoms with E-state index in [-0.39, 0.29) is 12.1 Å². The third-order valence-electron chi connectivity index (χ3n) is 5.70. The van der Waals surface area contributed by atoms with Crippen LogP contribution in [0.4, 0.5) is 4.79 Å². The molecule has 31 heavy (non-hydrogen) atoms. The van der Waals surface area contributed by atoms with Gasteiger partial charge in [0, 0.05) is 35.7 Å². The molecule has 1 saturated carbocycles. The van der Waals surface area contributed by atoms with Gasteiger partial charge in [0.1, 0.15) is 11.4 Å². The largest absolute Gasteiger partial charge is 0.412 e. The second-order valence-corrected chi connectivity index (χ2v) is 8.32. The summed E-state index contributed by atoms with van der Waals surface area (Å²) >= 11 is 6.12. The predicted molar refractivity (Wildman–Crippen MR) is 118 cm³/mol. The second kappa shape index (κ2) is 7.82. The van der Waals surface area contributed by atoms with Crippen LogP contribution in [0.1, 0.15) is 25.7 Å². The summed E-state index contributed by atoms with van der Waals surface area (Å²) in [5.74, 6) is 0.317. The Balaban J connectivity index is 1.42. The first kappa shape index (κ1) is 19.8. The number of nitrogens with zero attached hydrogens (tertiary/aromatic N) is 4. The van der Waals surface area contributed by atoms with Crippen LogP contribution >= 0.6 is 11.6 Å². The van der Waals surface area contributed by atoms with E-state index in [0.29, 0.717) is 33.3 Å². The maximum atomic E-state index is 12.4. The summed E-state index contributed by atoms with van der Waals surface area (Å²) in [6.07, 6.45) is 6.22. The summed E-state index contributed by atoms with van der Waals surface area (Å²) in [7, 11) is 1.85. The highest BCUT2D eigenvalue weighted by molar-refractivity contribution is 6.31. The third kappa shape index (κ3) is 3.82. The van der Waals surface area contributed by atoms with Gasteiger partial charge in [-0.2, -0.15) is 5.10 Å². The monoisotopic (exact) mass is 439 g/mol. The molecule has 1 aromatic carbocycles. The van der Waals surface area contributed by atoms with E-state index in [4.69, 9.17) is 22.1 Å². The van der Waals surface area contributed by atoms with Gasteiger partial charge in [0.25, 0.3) is 0 Å². The zero-order chi connectivity index (χ0) is 21.5. The van der Waals surface area contributed by atoms with Gasteiger partial charge < -0.3 is 20.8 Å². The van der Waals surface area contributed by atoms with E-state index in [1.807, 2.05) is 25.2 Å². The Morgan fingerprint density at radius 3 is 2.94 bits per heavy atom. The topological polar surface area (TPSA) is 124 Å². The number of hydrogen-bond donors (Lipinski definition) is 3. The number of carbonyl (C=O) groups is 1. The molecule has 5 rings (SSSR count). The Kier molecular flexibility index (Phi) is 4.99.